The second-order valence-corrected chi connectivity index (χ2v) is 9.43. The van der Waals surface area contributed by atoms with Gasteiger partial charge in [0.1, 0.15) is 5.82 Å². The Morgan fingerprint density at radius 3 is 2.38 bits per heavy atom. The maximum absolute atomic E-state index is 12.9. The van der Waals surface area contributed by atoms with E-state index < -0.39 is 6.09 Å². The molecule has 0 atom stereocenters. The maximum Gasteiger partial charge on any atom is 0.407 e. The molecule has 0 bridgehead atoms. The average Bonchev–Trinajstić information content (AvgIpc) is 3.60. The van der Waals surface area contributed by atoms with Gasteiger partial charge >= 0.3 is 6.09 Å². The summed E-state index contributed by atoms with van der Waals surface area (Å²) in [6.45, 7) is 3.78. The number of benzene rings is 2. The van der Waals surface area contributed by atoms with Crippen molar-refractivity contribution in [3.63, 3.8) is 0 Å². The highest BCUT2D eigenvalue weighted by molar-refractivity contribution is 6.21. The summed E-state index contributed by atoms with van der Waals surface area (Å²) in [7, 11) is 0. The highest BCUT2D eigenvalue weighted by atomic mass is 16.4. The van der Waals surface area contributed by atoms with Gasteiger partial charge in [0.25, 0.3) is 11.8 Å². The van der Waals surface area contributed by atoms with Gasteiger partial charge in [-0.25, -0.2) is 9.78 Å². The molecule has 4 aromatic rings. The first kappa shape index (κ1) is 23.0. The Morgan fingerprint density at radius 2 is 1.73 bits per heavy atom. The van der Waals surface area contributed by atoms with Crippen molar-refractivity contribution in [2.24, 2.45) is 0 Å². The van der Waals surface area contributed by atoms with Gasteiger partial charge in [0.2, 0.25) is 0 Å². The molecule has 0 saturated carbocycles. The van der Waals surface area contributed by atoms with Crippen molar-refractivity contribution in [1.29, 1.82) is 0 Å². The van der Waals surface area contributed by atoms with E-state index in [1.54, 1.807) is 24.3 Å². The summed E-state index contributed by atoms with van der Waals surface area (Å²) in [5.74, 6) is 0.0697. The first-order valence-corrected chi connectivity index (χ1v) is 12.4. The summed E-state index contributed by atoms with van der Waals surface area (Å²) in [6.07, 6.45) is 4.43. The monoisotopic (exact) mass is 498 g/mol. The Kier molecular flexibility index (Phi) is 5.51. The molecule has 4 heterocycles. The predicted molar refractivity (Wildman–Crippen MR) is 135 cm³/mol. The van der Waals surface area contributed by atoms with Crippen molar-refractivity contribution in [2.75, 3.05) is 13.1 Å². The molecule has 0 aliphatic carbocycles. The number of aryl methyl sites for hydroxylation is 1. The molecular weight excluding hydrogens is 472 g/mol. The Morgan fingerprint density at radius 1 is 1.03 bits per heavy atom. The number of aromatic nitrogens is 4. The molecular formula is C27H26N6O4. The smallest absolute Gasteiger partial charge is 0.407 e. The van der Waals surface area contributed by atoms with Gasteiger partial charge in [-0.05, 0) is 49.6 Å². The lowest BCUT2D eigenvalue weighted by Gasteiger charge is -2.30. The number of nitrogens with zero attached hydrogens (tertiary/aromatic N) is 6. The molecule has 6 rings (SSSR count). The summed E-state index contributed by atoms with van der Waals surface area (Å²) in [5.41, 5.74) is 4.54. The van der Waals surface area contributed by atoms with Crippen molar-refractivity contribution in [1.82, 2.24) is 29.1 Å². The van der Waals surface area contributed by atoms with Gasteiger partial charge in [0.15, 0.2) is 0 Å². The van der Waals surface area contributed by atoms with Crippen LogP contribution in [0, 0.1) is 0 Å². The van der Waals surface area contributed by atoms with Crippen LogP contribution >= 0.6 is 0 Å². The molecule has 2 aromatic heterocycles. The van der Waals surface area contributed by atoms with E-state index in [2.05, 4.69) is 11.2 Å². The highest BCUT2D eigenvalue weighted by Gasteiger charge is 2.36. The molecule has 1 saturated heterocycles. The summed E-state index contributed by atoms with van der Waals surface area (Å²) in [6, 6.07) is 13.1. The number of imidazole rings is 1. The summed E-state index contributed by atoms with van der Waals surface area (Å²) >= 11 is 0. The Hall–Kier alpha value is -4.47. The van der Waals surface area contributed by atoms with Crippen molar-refractivity contribution in [2.45, 2.75) is 38.9 Å². The standard InChI is InChI=1S/C27H26N6O4/c1-2-31-23-13-17(18-14-28-33(15-18)19-9-11-30(12-10-19)27(36)37)7-8-22(23)29-24(31)16-32-25(34)20-5-3-4-6-21(20)26(32)35/h3-8,13-15,19H,2,9-12,16H2,1H3,(H,36,37). The van der Waals surface area contributed by atoms with Crippen LogP contribution < -0.4 is 0 Å². The minimum Gasteiger partial charge on any atom is -0.465 e. The van der Waals surface area contributed by atoms with Crippen LogP contribution in [0.15, 0.2) is 54.9 Å². The topological polar surface area (TPSA) is 114 Å². The molecule has 0 spiro atoms. The normalized spacial score (nSPS) is 16.1. The number of imide groups is 1. The number of fused-ring (bicyclic) bond motifs is 2. The zero-order chi connectivity index (χ0) is 25.7. The summed E-state index contributed by atoms with van der Waals surface area (Å²) in [4.78, 5) is 44.4. The number of hydrogen-bond acceptors (Lipinski definition) is 5. The van der Waals surface area contributed by atoms with E-state index in [0.29, 0.717) is 36.6 Å². The number of amides is 3. The molecule has 1 N–H and O–H groups in total. The Labute approximate surface area is 212 Å². The summed E-state index contributed by atoms with van der Waals surface area (Å²) < 4.78 is 3.97. The van der Waals surface area contributed by atoms with Gasteiger partial charge in [-0.15, -0.1) is 0 Å². The fraction of sp³-hybridized carbons (Fsp3) is 0.296. The molecule has 2 aromatic carbocycles. The van der Waals surface area contributed by atoms with Crippen LogP contribution in [-0.4, -0.2) is 65.2 Å². The van der Waals surface area contributed by atoms with Gasteiger partial charge in [-0.2, -0.15) is 5.10 Å². The van der Waals surface area contributed by atoms with Crippen LogP contribution in [0.5, 0.6) is 0 Å². The lowest BCUT2D eigenvalue weighted by atomic mass is 10.1. The van der Waals surface area contributed by atoms with E-state index in [0.717, 1.165) is 35.0 Å². The third-order valence-electron chi connectivity index (χ3n) is 7.37. The number of piperidine rings is 1. The van der Waals surface area contributed by atoms with Crippen molar-refractivity contribution in [3.05, 3.63) is 71.8 Å². The van der Waals surface area contributed by atoms with Crippen LogP contribution in [0.25, 0.3) is 22.2 Å². The van der Waals surface area contributed by atoms with Gasteiger partial charge in [0.05, 0.1) is 40.9 Å². The van der Waals surface area contributed by atoms with Crippen LogP contribution in [0.4, 0.5) is 4.79 Å². The molecule has 3 amide bonds. The van der Waals surface area contributed by atoms with Crippen LogP contribution in [0.3, 0.4) is 0 Å². The number of carbonyl (C=O) groups excluding carboxylic acids is 2. The fourth-order valence-electron chi connectivity index (χ4n) is 5.36. The lowest BCUT2D eigenvalue weighted by Crippen LogP contribution is -2.38. The quantitative estimate of drug-likeness (QED) is 0.416. The SMILES string of the molecule is CCn1c(CN2C(=O)c3ccccc3C2=O)nc2ccc(-c3cnn(C4CCN(C(=O)O)CC4)c3)cc21. The molecule has 188 valence electrons. The fourth-order valence-corrected chi connectivity index (χ4v) is 5.36. The molecule has 0 unspecified atom stereocenters. The van der Waals surface area contributed by atoms with Gasteiger partial charge in [-0.1, -0.05) is 18.2 Å². The van der Waals surface area contributed by atoms with E-state index in [1.165, 1.54) is 9.80 Å². The van der Waals surface area contributed by atoms with Crippen molar-refractivity contribution in [3.8, 4) is 11.1 Å². The first-order chi connectivity index (χ1) is 17.9. The van der Waals surface area contributed by atoms with Gasteiger partial charge < -0.3 is 14.6 Å². The predicted octanol–water partition coefficient (Wildman–Crippen LogP) is 4.03. The molecule has 1 fully saturated rings. The number of rotatable bonds is 5. The molecule has 2 aliphatic heterocycles. The van der Waals surface area contributed by atoms with Crippen molar-refractivity contribution < 1.29 is 19.5 Å². The number of hydrogen-bond donors (Lipinski definition) is 1. The van der Waals surface area contributed by atoms with Crippen LogP contribution in [0.1, 0.15) is 52.3 Å². The molecule has 2 aliphatic rings. The first-order valence-electron chi connectivity index (χ1n) is 12.4. The second kappa shape index (κ2) is 8.88. The number of carbonyl (C=O) groups is 3. The summed E-state index contributed by atoms with van der Waals surface area (Å²) in [5, 5.41) is 13.8. The van der Waals surface area contributed by atoms with Gasteiger partial charge in [0, 0.05) is 31.4 Å². The van der Waals surface area contributed by atoms with Crippen LogP contribution in [0.2, 0.25) is 0 Å². The van der Waals surface area contributed by atoms with E-state index in [-0.39, 0.29) is 24.4 Å². The second-order valence-electron chi connectivity index (χ2n) is 9.43. The van der Waals surface area contributed by atoms with E-state index >= 15 is 0 Å². The van der Waals surface area contributed by atoms with E-state index in [4.69, 9.17) is 4.98 Å². The zero-order valence-corrected chi connectivity index (χ0v) is 20.4. The third-order valence-corrected chi connectivity index (χ3v) is 7.37. The lowest BCUT2D eigenvalue weighted by molar-refractivity contribution is 0.0636. The van der Waals surface area contributed by atoms with E-state index in [1.807, 2.05) is 40.7 Å². The molecule has 0 radical (unpaired) electrons. The zero-order valence-electron chi connectivity index (χ0n) is 20.4. The average molecular weight is 499 g/mol. The Balaban J connectivity index is 1.26. The minimum absolute atomic E-state index is 0.108. The highest BCUT2D eigenvalue weighted by Crippen LogP contribution is 2.30. The third kappa shape index (κ3) is 3.85. The number of carboxylic acid groups (broad SMARTS) is 1. The van der Waals surface area contributed by atoms with Crippen molar-refractivity contribution >= 4 is 28.9 Å². The molecule has 10 heteroatoms. The van der Waals surface area contributed by atoms with Gasteiger partial charge in [-0.3, -0.25) is 19.2 Å². The maximum atomic E-state index is 12.9. The van der Waals surface area contributed by atoms with Crippen LogP contribution in [-0.2, 0) is 13.1 Å². The number of likely N-dealkylation sites (tertiary alicyclic amines) is 1. The molecule has 10 nitrogen and oxygen atoms in total. The largest absolute Gasteiger partial charge is 0.465 e. The Bertz CT molecular complexity index is 1510. The minimum atomic E-state index is -0.872. The molecule has 37 heavy (non-hydrogen) atoms. The van der Waals surface area contributed by atoms with E-state index in [9.17, 15) is 19.5 Å².